The van der Waals surface area contributed by atoms with Crippen molar-refractivity contribution in [2.75, 3.05) is 38.6 Å². The van der Waals surface area contributed by atoms with Crippen molar-refractivity contribution in [3.63, 3.8) is 0 Å². The number of nitrogens with one attached hydrogen (secondary N) is 2. The molecule has 2 saturated heterocycles. The third-order valence-electron chi connectivity index (χ3n) is 6.52. The number of amides is 3. The molecule has 2 aliphatic rings. The van der Waals surface area contributed by atoms with Crippen molar-refractivity contribution in [2.45, 2.75) is 52.0 Å². The van der Waals surface area contributed by atoms with Crippen LogP contribution in [0, 0.1) is 13.8 Å². The summed E-state index contributed by atoms with van der Waals surface area (Å²) in [7, 11) is 1.59. The zero-order chi connectivity index (χ0) is 26.4. The molecule has 2 N–H and O–H groups in total. The molecule has 1 atom stereocenters. The molecule has 10 nitrogen and oxygen atoms in total. The van der Waals surface area contributed by atoms with E-state index < -0.39 is 6.04 Å². The maximum Gasteiger partial charge on any atom is 0.269 e. The van der Waals surface area contributed by atoms with Crippen LogP contribution in [0.3, 0.4) is 0 Å². The number of carbonyl (C=O) groups excluding carboxylic acids is 3. The van der Waals surface area contributed by atoms with Crippen molar-refractivity contribution < 1.29 is 19.1 Å². The number of ether oxygens (including phenoxy) is 1. The van der Waals surface area contributed by atoms with Crippen LogP contribution in [0.5, 0.6) is 5.75 Å². The molecule has 0 bridgehead atoms. The van der Waals surface area contributed by atoms with E-state index in [9.17, 15) is 14.4 Å². The Morgan fingerprint density at radius 2 is 1.81 bits per heavy atom. The Balaban J connectivity index is 1.56. The van der Waals surface area contributed by atoms with E-state index in [0.717, 1.165) is 43.8 Å². The van der Waals surface area contributed by atoms with Gasteiger partial charge in [-0.25, -0.2) is 9.98 Å². The van der Waals surface area contributed by atoms with E-state index in [1.165, 1.54) is 11.3 Å². The Morgan fingerprint density at radius 1 is 1.11 bits per heavy atom. The number of methoxy groups -OCH3 is 1. The Labute approximate surface area is 221 Å². The molecule has 0 saturated carbocycles. The lowest BCUT2D eigenvalue weighted by atomic mass is 10.1. The van der Waals surface area contributed by atoms with E-state index in [0.29, 0.717) is 35.0 Å². The SMILES string of the molecule is COc1ccc(NC(=NC2CCCCN(CC(=O)N3CCCC3)C2=O)NC(=O)c2sc(C)nc2C)cc1. The van der Waals surface area contributed by atoms with Crippen molar-refractivity contribution >= 4 is 40.7 Å². The number of thiazole rings is 1. The van der Waals surface area contributed by atoms with Crippen LogP contribution in [0.15, 0.2) is 29.3 Å². The first kappa shape index (κ1) is 26.6. The number of hydrogen-bond acceptors (Lipinski definition) is 7. The number of likely N-dealkylation sites (tertiary alicyclic amines) is 2. The van der Waals surface area contributed by atoms with Crippen LogP contribution in [0.25, 0.3) is 0 Å². The summed E-state index contributed by atoms with van der Waals surface area (Å²) < 4.78 is 5.23. The molecule has 2 aliphatic heterocycles. The first-order valence-corrected chi connectivity index (χ1v) is 13.5. The van der Waals surface area contributed by atoms with Crippen LogP contribution < -0.4 is 15.4 Å². The lowest BCUT2D eigenvalue weighted by molar-refractivity contribution is -0.140. The van der Waals surface area contributed by atoms with E-state index in [1.54, 1.807) is 43.2 Å². The molecule has 2 fully saturated rings. The summed E-state index contributed by atoms with van der Waals surface area (Å²) in [6.07, 6.45) is 4.15. The average Bonchev–Trinajstić information content (AvgIpc) is 3.50. The predicted molar refractivity (Wildman–Crippen MR) is 143 cm³/mol. The van der Waals surface area contributed by atoms with E-state index in [2.05, 4.69) is 20.6 Å². The molecule has 1 unspecified atom stereocenters. The summed E-state index contributed by atoms with van der Waals surface area (Å²) in [5, 5.41) is 6.79. The molecular formula is C26H34N6O4S. The number of anilines is 1. The van der Waals surface area contributed by atoms with Crippen LogP contribution in [0.1, 0.15) is 52.5 Å². The quantitative estimate of drug-likeness (QED) is 0.442. The van der Waals surface area contributed by atoms with Crippen LogP contribution in [0.2, 0.25) is 0 Å². The van der Waals surface area contributed by atoms with Crippen LogP contribution in [-0.4, -0.2) is 77.8 Å². The average molecular weight is 527 g/mol. The van der Waals surface area contributed by atoms with E-state index in [-0.39, 0.29) is 30.2 Å². The highest BCUT2D eigenvalue weighted by Crippen LogP contribution is 2.20. The van der Waals surface area contributed by atoms with Gasteiger partial charge in [0, 0.05) is 25.3 Å². The second kappa shape index (κ2) is 12.2. The molecule has 3 amide bonds. The number of aryl methyl sites for hydroxylation is 2. The molecule has 0 radical (unpaired) electrons. The van der Waals surface area contributed by atoms with Gasteiger partial charge in [-0.1, -0.05) is 0 Å². The highest BCUT2D eigenvalue weighted by Gasteiger charge is 2.30. The van der Waals surface area contributed by atoms with Crippen molar-refractivity contribution in [1.29, 1.82) is 0 Å². The molecule has 198 valence electrons. The Morgan fingerprint density at radius 3 is 2.46 bits per heavy atom. The van der Waals surface area contributed by atoms with Crippen molar-refractivity contribution in [1.82, 2.24) is 20.1 Å². The number of benzene rings is 1. The Bertz CT molecular complexity index is 1160. The minimum Gasteiger partial charge on any atom is -0.497 e. The summed E-state index contributed by atoms with van der Waals surface area (Å²) in [5.41, 5.74) is 1.32. The van der Waals surface area contributed by atoms with Crippen molar-refractivity contribution in [3.05, 3.63) is 39.8 Å². The normalized spacial score (nSPS) is 18.5. The monoisotopic (exact) mass is 526 g/mol. The molecule has 0 spiro atoms. The van der Waals surface area contributed by atoms with Gasteiger partial charge >= 0.3 is 0 Å². The fourth-order valence-electron chi connectivity index (χ4n) is 4.56. The Kier molecular flexibility index (Phi) is 8.75. The smallest absolute Gasteiger partial charge is 0.269 e. The predicted octanol–water partition coefficient (Wildman–Crippen LogP) is 2.97. The largest absolute Gasteiger partial charge is 0.497 e. The highest BCUT2D eigenvalue weighted by molar-refractivity contribution is 7.13. The summed E-state index contributed by atoms with van der Waals surface area (Å²) in [6, 6.07) is 6.48. The standard InChI is InChI=1S/C26H34N6O4S/c1-17-23(37-18(2)27-17)24(34)30-26(28-19-9-11-20(36-3)12-10-19)29-21-8-4-5-15-32(25(21)35)16-22(33)31-13-6-7-14-31/h9-12,21H,4-8,13-16H2,1-3H3,(H2,28,29,30,34). The number of carbonyl (C=O) groups is 3. The molecule has 2 aromatic rings. The van der Waals surface area contributed by atoms with E-state index in [1.807, 2.05) is 11.8 Å². The molecular weight excluding hydrogens is 492 g/mol. The number of rotatable bonds is 6. The number of aromatic nitrogens is 1. The fourth-order valence-corrected chi connectivity index (χ4v) is 5.38. The van der Waals surface area contributed by atoms with Gasteiger partial charge in [-0.2, -0.15) is 0 Å². The summed E-state index contributed by atoms with van der Waals surface area (Å²) in [6.45, 7) is 5.73. The summed E-state index contributed by atoms with van der Waals surface area (Å²) >= 11 is 1.31. The van der Waals surface area contributed by atoms with Gasteiger partial charge in [-0.05, 0) is 70.2 Å². The van der Waals surface area contributed by atoms with E-state index >= 15 is 0 Å². The fraction of sp³-hybridized carbons (Fsp3) is 0.500. The first-order chi connectivity index (χ1) is 17.8. The minimum atomic E-state index is -0.709. The molecule has 3 heterocycles. The van der Waals surface area contributed by atoms with Gasteiger partial charge < -0.3 is 19.9 Å². The minimum absolute atomic E-state index is 0.0172. The van der Waals surface area contributed by atoms with Gasteiger partial charge in [0.25, 0.3) is 5.91 Å². The number of guanidine groups is 1. The van der Waals surface area contributed by atoms with Crippen LogP contribution in [-0.2, 0) is 9.59 Å². The third-order valence-corrected chi connectivity index (χ3v) is 7.59. The van der Waals surface area contributed by atoms with Crippen molar-refractivity contribution in [3.8, 4) is 5.75 Å². The Hall–Kier alpha value is -3.47. The second-order valence-corrected chi connectivity index (χ2v) is 10.5. The molecule has 4 rings (SSSR count). The highest BCUT2D eigenvalue weighted by atomic mass is 32.1. The number of hydrogen-bond donors (Lipinski definition) is 2. The maximum absolute atomic E-state index is 13.5. The summed E-state index contributed by atoms with van der Waals surface area (Å²) in [4.78, 5) is 52.3. The lowest BCUT2D eigenvalue weighted by Crippen LogP contribution is -2.45. The molecule has 1 aromatic heterocycles. The number of aliphatic imine (C=N–C) groups is 1. The second-order valence-electron chi connectivity index (χ2n) is 9.29. The van der Waals surface area contributed by atoms with Crippen LogP contribution >= 0.6 is 11.3 Å². The van der Waals surface area contributed by atoms with Crippen LogP contribution in [0.4, 0.5) is 5.69 Å². The first-order valence-electron chi connectivity index (χ1n) is 12.6. The van der Waals surface area contributed by atoms with Gasteiger partial charge in [0.05, 0.1) is 24.4 Å². The van der Waals surface area contributed by atoms with Gasteiger partial charge in [0.1, 0.15) is 16.7 Å². The zero-order valence-electron chi connectivity index (χ0n) is 21.6. The molecule has 0 aliphatic carbocycles. The van der Waals surface area contributed by atoms with Gasteiger partial charge in [-0.15, -0.1) is 11.3 Å². The molecule has 1 aromatic carbocycles. The third kappa shape index (κ3) is 6.85. The number of nitrogens with zero attached hydrogens (tertiary/aromatic N) is 4. The van der Waals surface area contributed by atoms with Gasteiger partial charge in [0.2, 0.25) is 17.8 Å². The topological polar surface area (TPSA) is 116 Å². The molecule has 37 heavy (non-hydrogen) atoms. The van der Waals surface area contributed by atoms with Crippen molar-refractivity contribution in [2.24, 2.45) is 4.99 Å². The zero-order valence-corrected chi connectivity index (χ0v) is 22.4. The van der Waals surface area contributed by atoms with Gasteiger partial charge in [0.15, 0.2) is 0 Å². The van der Waals surface area contributed by atoms with Gasteiger partial charge in [-0.3, -0.25) is 19.7 Å². The summed E-state index contributed by atoms with van der Waals surface area (Å²) in [5.74, 6) is 0.312. The molecule has 11 heteroatoms. The maximum atomic E-state index is 13.5. The van der Waals surface area contributed by atoms with E-state index in [4.69, 9.17) is 4.74 Å². The lowest BCUT2D eigenvalue weighted by Gasteiger charge is -2.25.